The molecule has 1 heterocycles. The number of hydrogen-bond donors (Lipinski definition) is 1. The molecule has 1 aromatic carbocycles. The van der Waals surface area contributed by atoms with E-state index < -0.39 is 0 Å². The summed E-state index contributed by atoms with van der Waals surface area (Å²) in [5.41, 5.74) is 9.83. The Kier molecular flexibility index (Phi) is 4.17. The Balaban J connectivity index is 2.35. The van der Waals surface area contributed by atoms with Crippen molar-refractivity contribution >= 4 is 0 Å². The maximum atomic E-state index is 6.01. The lowest BCUT2D eigenvalue weighted by molar-refractivity contribution is 0.468. The second kappa shape index (κ2) is 5.85. The van der Waals surface area contributed by atoms with E-state index in [4.69, 9.17) is 10.5 Å². The molecule has 0 unspecified atom stereocenters. The lowest BCUT2D eigenvalue weighted by Crippen LogP contribution is -1.99. The highest BCUT2D eigenvalue weighted by Crippen LogP contribution is 2.28. The number of pyridine rings is 1. The lowest BCUT2D eigenvalue weighted by atomic mass is 10.1. The lowest BCUT2D eigenvalue weighted by Gasteiger charge is -2.13. The van der Waals surface area contributed by atoms with E-state index in [-0.39, 0.29) is 0 Å². The van der Waals surface area contributed by atoms with Crippen LogP contribution in [0, 0.1) is 13.8 Å². The van der Waals surface area contributed by atoms with E-state index in [0.29, 0.717) is 6.54 Å². The molecule has 0 amide bonds. The number of aromatic nitrogens is 1. The quantitative estimate of drug-likeness (QED) is 0.910. The summed E-state index contributed by atoms with van der Waals surface area (Å²) in [4.78, 5) is 4.51. The zero-order chi connectivity index (χ0) is 13.8. The molecule has 3 nitrogen and oxygen atoms in total. The zero-order valence-electron chi connectivity index (χ0n) is 11.7. The van der Waals surface area contributed by atoms with Crippen molar-refractivity contribution in [3.63, 3.8) is 0 Å². The average Bonchev–Trinajstić information content (AvgIpc) is 2.43. The van der Waals surface area contributed by atoms with Gasteiger partial charge in [-0.15, -0.1) is 0 Å². The number of nitrogens with two attached hydrogens (primary N) is 1. The second-order valence-electron chi connectivity index (χ2n) is 4.66. The minimum atomic E-state index is 0.517. The van der Waals surface area contributed by atoms with Gasteiger partial charge in [-0.05, 0) is 49.6 Å². The molecule has 0 aliphatic heterocycles. The van der Waals surface area contributed by atoms with Crippen molar-refractivity contribution in [1.82, 2.24) is 4.98 Å². The maximum absolute atomic E-state index is 6.01. The van der Waals surface area contributed by atoms with Gasteiger partial charge in [-0.2, -0.15) is 0 Å². The first kappa shape index (κ1) is 13.6. The van der Waals surface area contributed by atoms with E-state index in [9.17, 15) is 0 Å². The zero-order valence-corrected chi connectivity index (χ0v) is 11.7. The van der Waals surface area contributed by atoms with Crippen molar-refractivity contribution in [2.75, 3.05) is 0 Å². The minimum absolute atomic E-state index is 0.517. The molecule has 0 aliphatic carbocycles. The van der Waals surface area contributed by atoms with Crippen LogP contribution in [0.2, 0.25) is 0 Å². The Labute approximate surface area is 114 Å². The summed E-state index contributed by atoms with van der Waals surface area (Å²) in [5, 5.41) is 0. The fourth-order valence-electron chi connectivity index (χ4n) is 1.94. The molecule has 0 spiro atoms. The van der Waals surface area contributed by atoms with Crippen LogP contribution in [-0.4, -0.2) is 4.98 Å². The van der Waals surface area contributed by atoms with Crippen LogP contribution >= 0.6 is 0 Å². The summed E-state index contributed by atoms with van der Waals surface area (Å²) in [6.45, 7) is 6.62. The van der Waals surface area contributed by atoms with Crippen LogP contribution < -0.4 is 10.5 Å². The molecule has 2 rings (SSSR count). The predicted octanol–water partition coefficient (Wildman–Crippen LogP) is 3.51. The standard InChI is InChI=1S/C16H20N2O/c1-4-14-15(8-6-12(3)18-14)19-16-9-13(10-17)7-5-11(16)2/h5-9H,4,10,17H2,1-3H3. The molecule has 0 fully saturated rings. The molecule has 0 bridgehead atoms. The number of ether oxygens (including phenoxy) is 1. The number of rotatable bonds is 4. The van der Waals surface area contributed by atoms with Gasteiger partial charge in [0.2, 0.25) is 0 Å². The topological polar surface area (TPSA) is 48.1 Å². The fourth-order valence-corrected chi connectivity index (χ4v) is 1.94. The third-order valence-corrected chi connectivity index (χ3v) is 3.11. The van der Waals surface area contributed by atoms with Crippen molar-refractivity contribution in [3.8, 4) is 11.5 Å². The van der Waals surface area contributed by atoms with Crippen LogP contribution in [0.4, 0.5) is 0 Å². The molecule has 0 saturated carbocycles. The SMILES string of the molecule is CCc1nc(C)ccc1Oc1cc(CN)ccc1C. The highest BCUT2D eigenvalue weighted by Gasteiger charge is 2.08. The van der Waals surface area contributed by atoms with Gasteiger partial charge in [0, 0.05) is 12.2 Å². The fraction of sp³-hybridized carbons (Fsp3) is 0.312. The van der Waals surface area contributed by atoms with E-state index >= 15 is 0 Å². The van der Waals surface area contributed by atoms with Gasteiger partial charge >= 0.3 is 0 Å². The summed E-state index contributed by atoms with van der Waals surface area (Å²) in [5.74, 6) is 1.67. The molecule has 3 heteroatoms. The maximum Gasteiger partial charge on any atom is 0.148 e. The molecular formula is C16H20N2O. The summed E-state index contributed by atoms with van der Waals surface area (Å²) < 4.78 is 6.01. The monoisotopic (exact) mass is 256 g/mol. The number of benzene rings is 1. The van der Waals surface area contributed by atoms with Gasteiger partial charge in [-0.1, -0.05) is 19.1 Å². The Hall–Kier alpha value is -1.87. The van der Waals surface area contributed by atoms with Gasteiger partial charge in [0.1, 0.15) is 11.5 Å². The van der Waals surface area contributed by atoms with Crippen molar-refractivity contribution in [2.24, 2.45) is 5.73 Å². The molecule has 0 radical (unpaired) electrons. The first-order valence-corrected chi connectivity index (χ1v) is 6.58. The van der Waals surface area contributed by atoms with Crippen molar-refractivity contribution < 1.29 is 4.74 Å². The predicted molar refractivity (Wildman–Crippen MR) is 77.5 cm³/mol. The normalized spacial score (nSPS) is 10.5. The molecule has 19 heavy (non-hydrogen) atoms. The van der Waals surface area contributed by atoms with Crippen LogP contribution in [0.3, 0.4) is 0 Å². The Morgan fingerprint density at radius 1 is 1.11 bits per heavy atom. The summed E-state index contributed by atoms with van der Waals surface area (Å²) in [6, 6.07) is 10.0. The second-order valence-corrected chi connectivity index (χ2v) is 4.66. The largest absolute Gasteiger partial charge is 0.455 e. The first-order chi connectivity index (χ1) is 9.13. The Morgan fingerprint density at radius 2 is 1.89 bits per heavy atom. The Morgan fingerprint density at radius 3 is 2.58 bits per heavy atom. The number of hydrogen-bond acceptors (Lipinski definition) is 3. The molecule has 1 aromatic heterocycles. The molecule has 2 aromatic rings. The van der Waals surface area contributed by atoms with E-state index in [1.165, 1.54) is 0 Å². The molecule has 2 N–H and O–H groups in total. The number of nitrogens with zero attached hydrogens (tertiary/aromatic N) is 1. The van der Waals surface area contributed by atoms with Crippen LogP contribution in [0.5, 0.6) is 11.5 Å². The smallest absolute Gasteiger partial charge is 0.148 e. The number of aryl methyl sites for hydroxylation is 3. The molecule has 0 atom stereocenters. The van der Waals surface area contributed by atoms with E-state index in [1.54, 1.807) is 0 Å². The van der Waals surface area contributed by atoms with Crippen LogP contribution in [0.1, 0.15) is 29.4 Å². The van der Waals surface area contributed by atoms with Crippen LogP contribution in [0.25, 0.3) is 0 Å². The van der Waals surface area contributed by atoms with Gasteiger partial charge in [0.05, 0.1) is 5.69 Å². The van der Waals surface area contributed by atoms with Gasteiger partial charge in [0.15, 0.2) is 0 Å². The van der Waals surface area contributed by atoms with Crippen molar-refractivity contribution in [1.29, 1.82) is 0 Å². The summed E-state index contributed by atoms with van der Waals surface area (Å²) in [6.07, 6.45) is 0.854. The van der Waals surface area contributed by atoms with Crippen LogP contribution in [-0.2, 0) is 13.0 Å². The van der Waals surface area contributed by atoms with Gasteiger partial charge < -0.3 is 10.5 Å². The van der Waals surface area contributed by atoms with E-state index in [2.05, 4.69) is 11.9 Å². The third-order valence-electron chi connectivity index (χ3n) is 3.11. The minimum Gasteiger partial charge on any atom is -0.455 e. The van der Waals surface area contributed by atoms with Gasteiger partial charge in [0.25, 0.3) is 0 Å². The summed E-state index contributed by atoms with van der Waals surface area (Å²) >= 11 is 0. The average molecular weight is 256 g/mol. The Bertz CT molecular complexity index is 579. The molecule has 0 saturated heterocycles. The highest BCUT2D eigenvalue weighted by atomic mass is 16.5. The van der Waals surface area contributed by atoms with Gasteiger partial charge in [-0.3, -0.25) is 4.98 Å². The van der Waals surface area contributed by atoms with Gasteiger partial charge in [-0.25, -0.2) is 0 Å². The molecule has 100 valence electrons. The van der Waals surface area contributed by atoms with Crippen molar-refractivity contribution in [2.45, 2.75) is 33.7 Å². The third kappa shape index (κ3) is 3.12. The van der Waals surface area contributed by atoms with Crippen LogP contribution in [0.15, 0.2) is 30.3 Å². The van der Waals surface area contributed by atoms with E-state index in [0.717, 1.165) is 40.4 Å². The first-order valence-electron chi connectivity index (χ1n) is 6.58. The molecule has 0 aliphatic rings. The molecular weight excluding hydrogens is 236 g/mol. The summed E-state index contributed by atoms with van der Waals surface area (Å²) in [7, 11) is 0. The van der Waals surface area contributed by atoms with Crippen molar-refractivity contribution in [3.05, 3.63) is 52.8 Å². The van der Waals surface area contributed by atoms with E-state index in [1.807, 2.05) is 44.2 Å². The highest BCUT2D eigenvalue weighted by molar-refractivity contribution is 5.41.